The number of hydrogen-bond donors (Lipinski definition) is 2. The summed E-state index contributed by atoms with van der Waals surface area (Å²) in [5.74, 6) is -0.917. The molecule has 0 radical (unpaired) electrons. The van der Waals surface area contributed by atoms with Gasteiger partial charge >= 0.3 is 5.97 Å². The molecule has 22 heavy (non-hydrogen) atoms. The highest BCUT2D eigenvalue weighted by molar-refractivity contribution is 5.98. The van der Waals surface area contributed by atoms with Gasteiger partial charge in [-0.2, -0.15) is 0 Å². The molecule has 1 heterocycles. The lowest BCUT2D eigenvalue weighted by Crippen LogP contribution is -2.55. The third-order valence-corrected chi connectivity index (χ3v) is 3.46. The molecule has 1 aliphatic heterocycles. The predicted molar refractivity (Wildman–Crippen MR) is 77.1 cm³/mol. The topological polar surface area (TPSA) is 94.1 Å². The second-order valence-electron chi connectivity index (χ2n) is 5.01. The molecule has 1 amide bonds. The van der Waals surface area contributed by atoms with Gasteiger partial charge in [0.05, 0.1) is 13.2 Å². The number of benzene rings is 1. The van der Waals surface area contributed by atoms with Crippen LogP contribution in [0, 0.1) is 0 Å². The Bertz CT molecular complexity index is 521. The van der Waals surface area contributed by atoms with Gasteiger partial charge in [-0.3, -0.25) is 4.79 Å². The largest absolute Gasteiger partial charge is 0.491 e. The first kappa shape index (κ1) is 16.3. The third-order valence-electron chi connectivity index (χ3n) is 3.46. The monoisotopic (exact) mass is 309 g/mol. The molecule has 0 aromatic heterocycles. The van der Waals surface area contributed by atoms with Gasteiger partial charge in [0.2, 0.25) is 0 Å². The van der Waals surface area contributed by atoms with Crippen LogP contribution in [0.25, 0.3) is 0 Å². The second kappa shape index (κ2) is 7.24. The molecule has 7 nitrogen and oxygen atoms in total. The fourth-order valence-electron chi connectivity index (χ4n) is 2.12. The minimum absolute atomic E-state index is 0.0215. The molecule has 1 atom stereocenters. The van der Waals surface area contributed by atoms with Gasteiger partial charge in [-0.15, -0.1) is 0 Å². The number of ether oxygens (including phenoxy) is 3. The summed E-state index contributed by atoms with van der Waals surface area (Å²) in [4.78, 5) is 23.6. The van der Waals surface area contributed by atoms with E-state index in [1.54, 1.807) is 31.4 Å². The highest BCUT2D eigenvalue weighted by atomic mass is 16.5. The lowest BCUT2D eigenvalue weighted by atomic mass is 9.98. The van der Waals surface area contributed by atoms with E-state index in [0.29, 0.717) is 31.1 Å². The molecular weight excluding hydrogens is 290 g/mol. The summed E-state index contributed by atoms with van der Waals surface area (Å²) < 4.78 is 15.4. The molecule has 1 unspecified atom stereocenters. The van der Waals surface area contributed by atoms with Crippen LogP contribution in [0.2, 0.25) is 0 Å². The number of hydrogen-bond acceptors (Lipinski definition) is 5. The SMILES string of the molecule is COCCOc1ccc(C(=O)NC2(C(=O)O)CCOC2)cc1. The van der Waals surface area contributed by atoms with E-state index < -0.39 is 17.4 Å². The van der Waals surface area contributed by atoms with Crippen LogP contribution in [-0.4, -0.2) is 56.1 Å². The Balaban J connectivity index is 1.99. The quantitative estimate of drug-likeness (QED) is 0.720. The standard InChI is InChI=1S/C15H19NO6/c1-20-8-9-22-12-4-2-11(3-5-12)13(17)16-15(14(18)19)6-7-21-10-15/h2-5H,6-10H2,1H3,(H,16,17)(H,18,19). The molecule has 1 aromatic rings. The van der Waals surface area contributed by atoms with Gasteiger partial charge in [-0.05, 0) is 24.3 Å². The average Bonchev–Trinajstić information content (AvgIpc) is 2.98. The van der Waals surface area contributed by atoms with Crippen LogP contribution >= 0.6 is 0 Å². The van der Waals surface area contributed by atoms with Gasteiger partial charge in [0, 0.05) is 25.7 Å². The molecule has 0 aliphatic carbocycles. The molecule has 0 saturated carbocycles. The fourth-order valence-corrected chi connectivity index (χ4v) is 2.12. The van der Waals surface area contributed by atoms with Crippen molar-refractivity contribution >= 4 is 11.9 Å². The summed E-state index contributed by atoms with van der Waals surface area (Å²) in [6.45, 7) is 1.19. The van der Waals surface area contributed by atoms with Crippen molar-refractivity contribution in [2.45, 2.75) is 12.0 Å². The van der Waals surface area contributed by atoms with Gasteiger partial charge in [0.15, 0.2) is 5.54 Å². The Morgan fingerprint density at radius 1 is 1.32 bits per heavy atom. The minimum atomic E-state index is -1.34. The van der Waals surface area contributed by atoms with E-state index >= 15 is 0 Å². The molecule has 7 heteroatoms. The first-order valence-corrected chi connectivity index (χ1v) is 6.93. The minimum Gasteiger partial charge on any atom is -0.491 e. The Kier molecular flexibility index (Phi) is 5.35. The summed E-state index contributed by atoms with van der Waals surface area (Å²) in [7, 11) is 1.59. The zero-order valence-corrected chi connectivity index (χ0v) is 12.3. The van der Waals surface area contributed by atoms with Crippen molar-refractivity contribution < 1.29 is 28.9 Å². The Hall–Kier alpha value is -2.12. The summed E-state index contributed by atoms with van der Waals surface area (Å²) in [5, 5.41) is 11.9. The summed E-state index contributed by atoms with van der Waals surface area (Å²) in [5.41, 5.74) is -0.975. The second-order valence-corrected chi connectivity index (χ2v) is 5.01. The number of carboxylic acid groups (broad SMARTS) is 1. The van der Waals surface area contributed by atoms with Crippen molar-refractivity contribution in [1.29, 1.82) is 0 Å². The zero-order valence-electron chi connectivity index (χ0n) is 12.3. The highest BCUT2D eigenvalue weighted by Gasteiger charge is 2.44. The van der Waals surface area contributed by atoms with E-state index in [-0.39, 0.29) is 13.0 Å². The van der Waals surface area contributed by atoms with Crippen molar-refractivity contribution in [3.05, 3.63) is 29.8 Å². The number of carbonyl (C=O) groups excluding carboxylic acids is 1. The maximum atomic E-state index is 12.2. The van der Waals surface area contributed by atoms with Crippen LogP contribution in [0.4, 0.5) is 0 Å². The lowest BCUT2D eigenvalue weighted by molar-refractivity contribution is -0.144. The molecule has 1 aliphatic rings. The summed E-state index contributed by atoms with van der Waals surface area (Å²) in [6, 6.07) is 6.48. The van der Waals surface area contributed by atoms with Gasteiger partial charge < -0.3 is 24.6 Å². The van der Waals surface area contributed by atoms with Crippen LogP contribution in [-0.2, 0) is 14.3 Å². The number of nitrogens with one attached hydrogen (secondary N) is 1. The van der Waals surface area contributed by atoms with Crippen molar-refractivity contribution in [2.75, 3.05) is 33.5 Å². The van der Waals surface area contributed by atoms with E-state index in [1.807, 2.05) is 0 Å². The third kappa shape index (κ3) is 3.75. The number of amides is 1. The van der Waals surface area contributed by atoms with Crippen LogP contribution in [0.5, 0.6) is 5.75 Å². The van der Waals surface area contributed by atoms with Crippen LogP contribution in [0.1, 0.15) is 16.8 Å². The number of methoxy groups -OCH3 is 1. The number of rotatable bonds is 7. The average molecular weight is 309 g/mol. The van der Waals surface area contributed by atoms with Crippen molar-refractivity contribution in [2.24, 2.45) is 0 Å². The number of carbonyl (C=O) groups is 2. The Morgan fingerprint density at radius 3 is 2.59 bits per heavy atom. The van der Waals surface area contributed by atoms with Gasteiger partial charge in [-0.25, -0.2) is 4.79 Å². The van der Waals surface area contributed by atoms with Crippen LogP contribution in [0.15, 0.2) is 24.3 Å². The first-order chi connectivity index (χ1) is 10.6. The van der Waals surface area contributed by atoms with Gasteiger partial charge in [-0.1, -0.05) is 0 Å². The van der Waals surface area contributed by atoms with E-state index in [0.717, 1.165) is 0 Å². The van der Waals surface area contributed by atoms with Crippen LogP contribution in [0.3, 0.4) is 0 Å². The Morgan fingerprint density at radius 2 is 2.05 bits per heavy atom. The van der Waals surface area contributed by atoms with Gasteiger partial charge in [0.25, 0.3) is 5.91 Å². The van der Waals surface area contributed by atoms with Gasteiger partial charge in [0.1, 0.15) is 12.4 Å². The molecule has 2 rings (SSSR count). The summed E-state index contributed by atoms with van der Waals surface area (Å²) in [6.07, 6.45) is 0.256. The Labute approximate surface area is 128 Å². The molecule has 1 saturated heterocycles. The zero-order chi connectivity index (χ0) is 16.0. The van der Waals surface area contributed by atoms with Crippen molar-refractivity contribution in [1.82, 2.24) is 5.32 Å². The molecule has 0 spiro atoms. The van der Waals surface area contributed by atoms with E-state index in [4.69, 9.17) is 14.2 Å². The van der Waals surface area contributed by atoms with Crippen molar-refractivity contribution in [3.63, 3.8) is 0 Å². The first-order valence-electron chi connectivity index (χ1n) is 6.93. The highest BCUT2D eigenvalue weighted by Crippen LogP contribution is 2.20. The maximum absolute atomic E-state index is 12.2. The number of aliphatic carboxylic acids is 1. The summed E-state index contributed by atoms with van der Waals surface area (Å²) >= 11 is 0. The normalized spacial score (nSPS) is 20.6. The fraction of sp³-hybridized carbons (Fsp3) is 0.467. The molecule has 2 N–H and O–H groups in total. The molecule has 1 fully saturated rings. The molecule has 120 valence electrons. The van der Waals surface area contributed by atoms with Crippen LogP contribution < -0.4 is 10.1 Å². The van der Waals surface area contributed by atoms with Crippen molar-refractivity contribution in [3.8, 4) is 5.75 Å². The smallest absolute Gasteiger partial charge is 0.331 e. The maximum Gasteiger partial charge on any atom is 0.331 e. The van der Waals surface area contributed by atoms with E-state index in [2.05, 4.69) is 5.32 Å². The van der Waals surface area contributed by atoms with E-state index in [9.17, 15) is 14.7 Å². The van der Waals surface area contributed by atoms with E-state index in [1.165, 1.54) is 0 Å². The number of carboxylic acids is 1. The predicted octanol–water partition coefficient (Wildman–Crippen LogP) is 0.685. The lowest BCUT2D eigenvalue weighted by Gasteiger charge is -2.23. The molecular formula is C15H19NO6. The molecule has 1 aromatic carbocycles. The molecule has 0 bridgehead atoms.